The van der Waals surface area contributed by atoms with Gasteiger partial charge in [0.05, 0.1) is 11.5 Å². The molecule has 2 bridgehead atoms. The van der Waals surface area contributed by atoms with Gasteiger partial charge in [-0.15, -0.1) is 0 Å². The number of allylic oxidation sites excluding steroid dienone is 1. The smallest absolute Gasteiger partial charge is 0.351 e. The van der Waals surface area contributed by atoms with Gasteiger partial charge < -0.3 is 9.47 Å². The highest BCUT2D eigenvalue weighted by atomic mass is 16.6. The standard InChI is InChI=1S/C23H25NO4/c1-20(2)21(3)13-14-23(20,28-18(21)25)19(26)27-17-9-11-22(15-24,12-10-17)16-7-5-4-6-8-16/h4-9,11,17H,10,12-14H2,1-3H3/t17-,21-,22-,23+/m0/s1. The number of nitriles is 1. The van der Waals surface area contributed by atoms with Crippen LogP contribution in [0, 0.1) is 22.2 Å². The van der Waals surface area contributed by atoms with Crippen molar-refractivity contribution >= 4 is 11.9 Å². The lowest BCUT2D eigenvalue weighted by Gasteiger charge is -2.36. The first-order chi connectivity index (χ1) is 13.2. The number of carbonyl (C=O) groups excluding carboxylic acids is 2. The maximum atomic E-state index is 13.1. The zero-order valence-corrected chi connectivity index (χ0v) is 16.5. The van der Waals surface area contributed by atoms with E-state index in [2.05, 4.69) is 6.07 Å². The van der Waals surface area contributed by atoms with Crippen LogP contribution in [0.3, 0.4) is 0 Å². The molecule has 3 aliphatic rings. The van der Waals surface area contributed by atoms with Crippen molar-refractivity contribution < 1.29 is 19.1 Å². The van der Waals surface area contributed by atoms with Crippen LogP contribution < -0.4 is 0 Å². The van der Waals surface area contributed by atoms with Crippen molar-refractivity contribution in [1.82, 2.24) is 0 Å². The predicted octanol–water partition coefficient (Wildman–Crippen LogP) is 3.83. The third-order valence-electron chi connectivity index (χ3n) is 7.58. The normalized spacial score (nSPS) is 37.9. The lowest BCUT2D eigenvalue weighted by atomic mass is 9.66. The van der Waals surface area contributed by atoms with Gasteiger partial charge in [-0.2, -0.15) is 5.26 Å². The van der Waals surface area contributed by atoms with Crippen molar-refractivity contribution in [2.45, 2.75) is 63.6 Å². The number of carbonyl (C=O) groups is 2. The summed E-state index contributed by atoms with van der Waals surface area (Å²) in [5.41, 5.74) is -2.25. The number of benzene rings is 1. The molecule has 0 unspecified atom stereocenters. The van der Waals surface area contributed by atoms with Crippen molar-refractivity contribution in [3.63, 3.8) is 0 Å². The Morgan fingerprint density at radius 3 is 2.39 bits per heavy atom. The van der Waals surface area contributed by atoms with Gasteiger partial charge >= 0.3 is 11.9 Å². The molecule has 1 aromatic carbocycles. The second-order valence-corrected chi connectivity index (χ2v) is 8.96. The maximum absolute atomic E-state index is 13.1. The van der Waals surface area contributed by atoms with E-state index in [0.717, 1.165) is 5.56 Å². The molecule has 4 rings (SSSR count). The van der Waals surface area contributed by atoms with Crippen molar-refractivity contribution in [3.8, 4) is 6.07 Å². The molecule has 1 aliphatic heterocycles. The number of fused-ring (bicyclic) bond motifs is 2. The fraction of sp³-hybridized carbons (Fsp3) is 0.522. The van der Waals surface area contributed by atoms with Crippen LogP contribution in [-0.4, -0.2) is 23.6 Å². The Morgan fingerprint density at radius 2 is 1.89 bits per heavy atom. The van der Waals surface area contributed by atoms with Gasteiger partial charge in [0.25, 0.3) is 0 Å². The number of hydrogen-bond donors (Lipinski definition) is 0. The Balaban J connectivity index is 1.54. The lowest BCUT2D eigenvalue weighted by Crippen LogP contribution is -2.50. The summed E-state index contributed by atoms with van der Waals surface area (Å²) in [5.74, 6) is -0.779. The van der Waals surface area contributed by atoms with Gasteiger partial charge in [-0.1, -0.05) is 50.3 Å². The number of nitrogens with zero attached hydrogens (tertiary/aromatic N) is 1. The van der Waals surface area contributed by atoms with Crippen LogP contribution in [0.25, 0.3) is 0 Å². The second-order valence-electron chi connectivity index (χ2n) is 8.96. The van der Waals surface area contributed by atoms with Gasteiger partial charge in [0, 0.05) is 5.41 Å². The quantitative estimate of drug-likeness (QED) is 0.589. The first-order valence-corrected chi connectivity index (χ1v) is 9.81. The molecule has 0 radical (unpaired) electrons. The predicted molar refractivity (Wildman–Crippen MR) is 102 cm³/mol. The molecule has 2 fully saturated rings. The molecule has 1 heterocycles. The van der Waals surface area contributed by atoms with Crippen LogP contribution in [0.2, 0.25) is 0 Å². The average Bonchev–Trinajstić information content (AvgIpc) is 3.00. The summed E-state index contributed by atoms with van der Waals surface area (Å²) in [6, 6.07) is 12.1. The number of ether oxygens (including phenoxy) is 2. The fourth-order valence-corrected chi connectivity index (χ4v) is 4.99. The number of rotatable bonds is 3. The van der Waals surface area contributed by atoms with E-state index in [4.69, 9.17) is 9.47 Å². The van der Waals surface area contributed by atoms with Gasteiger partial charge in [-0.05, 0) is 44.2 Å². The molecule has 1 aromatic rings. The van der Waals surface area contributed by atoms with E-state index in [1.54, 1.807) is 6.08 Å². The molecule has 0 spiro atoms. The van der Waals surface area contributed by atoms with E-state index in [1.165, 1.54) is 0 Å². The Kier molecular flexibility index (Phi) is 3.98. The molecule has 5 heteroatoms. The summed E-state index contributed by atoms with van der Waals surface area (Å²) in [7, 11) is 0. The molecule has 0 N–H and O–H groups in total. The summed E-state index contributed by atoms with van der Waals surface area (Å²) in [4.78, 5) is 25.5. The van der Waals surface area contributed by atoms with Gasteiger partial charge in [0.2, 0.25) is 5.60 Å². The summed E-state index contributed by atoms with van der Waals surface area (Å²) in [5, 5.41) is 9.78. The summed E-state index contributed by atoms with van der Waals surface area (Å²) >= 11 is 0. The van der Waals surface area contributed by atoms with Crippen LogP contribution >= 0.6 is 0 Å². The summed E-state index contributed by atoms with van der Waals surface area (Å²) < 4.78 is 11.4. The third-order valence-corrected chi connectivity index (χ3v) is 7.58. The largest absolute Gasteiger partial charge is 0.455 e. The highest BCUT2D eigenvalue weighted by Crippen LogP contribution is 2.65. The zero-order valence-electron chi connectivity index (χ0n) is 16.5. The molecule has 28 heavy (non-hydrogen) atoms. The lowest BCUT2D eigenvalue weighted by molar-refractivity contribution is -0.186. The highest BCUT2D eigenvalue weighted by molar-refractivity contribution is 5.93. The minimum Gasteiger partial charge on any atom is -0.455 e. The average molecular weight is 379 g/mol. The van der Waals surface area contributed by atoms with Gasteiger partial charge in [0.15, 0.2) is 0 Å². The van der Waals surface area contributed by atoms with Crippen LogP contribution in [0.4, 0.5) is 0 Å². The molecular formula is C23H25NO4. The third kappa shape index (κ3) is 2.24. The molecule has 2 aliphatic carbocycles. The van der Waals surface area contributed by atoms with Crippen LogP contribution in [0.5, 0.6) is 0 Å². The van der Waals surface area contributed by atoms with E-state index in [-0.39, 0.29) is 5.97 Å². The van der Waals surface area contributed by atoms with E-state index < -0.39 is 33.9 Å². The molecule has 0 amide bonds. The minimum absolute atomic E-state index is 0.313. The molecule has 5 nitrogen and oxygen atoms in total. The molecular weight excluding hydrogens is 354 g/mol. The second kappa shape index (κ2) is 5.94. The summed E-state index contributed by atoms with van der Waals surface area (Å²) in [6.07, 6.45) is 5.44. The topological polar surface area (TPSA) is 76.4 Å². The number of hydrogen-bond acceptors (Lipinski definition) is 5. The SMILES string of the molecule is CC1(C)[C@@]2(C)CC[C@]1(C(=O)O[C@H]1C=C[C@](C#N)(c3ccccc3)CC1)OC2=O. The van der Waals surface area contributed by atoms with Gasteiger partial charge in [-0.25, -0.2) is 4.79 Å². The van der Waals surface area contributed by atoms with Gasteiger partial charge in [0.1, 0.15) is 11.5 Å². The van der Waals surface area contributed by atoms with E-state index >= 15 is 0 Å². The fourth-order valence-electron chi connectivity index (χ4n) is 4.99. The first-order valence-electron chi connectivity index (χ1n) is 9.81. The molecule has 1 saturated carbocycles. The molecule has 0 aromatic heterocycles. The Bertz CT molecular complexity index is 899. The Hall–Kier alpha value is -2.61. The van der Waals surface area contributed by atoms with Crippen LogP contribution in [0.1, 0.15) is 52.0 Å². The van der Waals surface area contributed by atoms with Crippen molar-refractivity contribution in [3.05, 3.63) is 48.0 Å². The van der Waals surface area contributed by atoms with Gasteiger partial charge in [-0.3, -0.25) is 4.79 Å². The van der Waals surface area contributed by atoms with Crippen LogP contribution in [0.15, 0.2) is 42.5 Å². The Labute approximate surface area is 165 Å². The van der Waals surface area contributed by atoms with E-state index in [0.29, 0.717) is 25.7 Å². The van der Waals surface area contributed by atoms with Crippen molar-refractivity contribution in [1.29, 1.82) is 5.26 Å². The zero-order chi connectivity index (χ0) is 20.2. The summed E-state index contributed by atoms with van der Waals surface area (Å²) in [6.45, 7) is 5.71. The van der Waals surface area contributed by atoms with E-state index in [9.17, 15) is 14.9 Å². The number of esters is 2. The van der Waals surface area contributed by atoms with Crippen molar-refractivity contribution in [2.75, 3.05) is 0 Å². The molecule has 4 atom stereocenters. The minimum atomic E-state index is -1.21. The monoisotopic (exact) mass is 379 g/mol. The van der Waals surface area contributed by atoms with Crippen LogP contribution in [-0.2, 0) is 24.5 Å². The molecule has 146 valence electrons. The van der Waals surface area contributed by atoms with E-state index in [1.807, 2.05) is 57.2 Å². The Morgan fingerprint density at radius 1 is 1.18 bits per heavy atom. The highest BCUT2D eigenvalue weighted by Gasteiger charge is 2.76. The van der Waals surface area contributed by atoms with Crippen molar-refractivity contribution in [2.24, 2.45) is 10.8 Å². The maximum Gasteiger partial charge on any atom is 0.351 e. The molecule has 1 saturated heterocycles. The first kappa shape index (κ1) is 18.7.